The van der Waals surface area contributed by atoms with Gasteiger partial charge in [-0.15, -0.1) is 10.2 Å². The zero-order valence-electron chi connectivity index (χ0n) is 16.2. The van der Waals surface area contributed by atoms with Crippen molar-refractivity contribution in [3.05, 3.63) is 72.1 Å². The van der Waals surface area contributed by atoms with Crippen LogP contribution in [0.25, 0.3) is 0 Å². The first kappa shape index (κ1) is 20.6. The number of carbonyl (C=O) groups is 1. The lowest BCUT2D eigenvalue weighted by atomic mass is 9.98. The SMILES string of the molecule is CC(Cc1nnc(SCC(=O)N(CCC#N)c2ccccc2)o1)c1ccccc1. The minimum Gasteiger partial charge on any atom is -0.416 e. The van der Waals surface area contributed by atoms with Crippen molar-refractivity contribution < 1.29 is 9.21 Å². The van der Waals surface area contributed by atoms with Gasteiger partial charge in [-0.3, -0.25) is 4.79 Å². The fourth-order valence-electron chi connectivity index (χ4n) is 2.91. The molecule has 2 aromatic carbocycles. The van der Waals surface area contributed by atoms with Crippen molar-refractivity contribution in [1.82, 2.24) is 10.2 Å². The van der Waals surface area contributed by atoms with E-state index >= 15 is 0 Å². The first-order valence-corrected chi connectivity index (χ1v) is 10.4. The molecule has 0 aliphatic heterocycles. The third kappa shape index (κ3) is 5.93. The van der Waals surface area contributed by atoms with Crippen molar-refractivity contribution in [2.75, 3.05) is 17.2 Å². The lowest BCUT2D eigenvalue weighted by Crippen LogP contribution is -2.33. The molecule has 0 aliphatic carbocycles. The number of nitrogens with zero attached hydrogens (tertiary/aromatic N) is 4. The molecule has 0 fully saturated rings. The van der Waals surface area contributed by atoms with E-state index < -0.39 is 0 Å². The highest BCUT2D eigenvalue weighted by Gasteiger charge is 2.18. The summed E-state index contributed by atoms with van der Waals surface area (Å²) in [5.41, 5.74) is 1.99. The normalized spacial score (nSPS) is 11.6. The largest absolute Gasteiger partial charge is 0.416 e. The van der Waals surface area contributed by atoms with Gasteiger partial charge < -0.3 is 9.32 Å². The van der Waals surface area contributed by atoms with Crippen molar-refractivity contribution >= 4 is 23.4 Å². The van der Waals surface area contributed by atoms with Crippen LogP contribution in [0.1, 0.15) is 30.7 Å². The molecule has 0 N–H and O–H groups in total. The van der Waals surface area contributed by atoms with Crippen LogP contribution in [0, 0.1) is 11.3 Å². The van der Waals surface area contributed by atoms with Crippen LogP contribution >= 0.6 is 11.8 Å². The number of hydrogen-bond acceptors (Lipinski definition) is 6. The van der Waals surface area contributed by atoms with E-state index in [1.807, 2.05) is 48.5 Å². The average Bonchev–Trinajstić information content (AvgIpc) is 3.21. The van der Waals surface area contributed by atoms with Crippen LogP contribution in [-0.4, -0.2) is 28.4 Å². The number of amides is 1. The third-order valence-corrected chi connectivity index (χ3v) is 5.24. The van der Waals surface area contributed by atoms with Crippen LogP contribution in [0.5, 0.6) is 0 Å². The Bertz CT molecular complexity index is 954. The third-order valence-electron chi connectivity index (χ3n) is 4.43. The summed E-state index contributed by atoms with van der Waals surface area (Å²) < 4.78 is 5.71. The van der Waals surface area contributed by atoms with Gasteiger partial charge >= 0.3 is 0 Å². The van der Waals surface area contributed by atoms with Gasteiger partial charge in [0.25, 0.3) is 5.22 Å². The maximum absolute atomic E-state index is 12.7. The number of para-hydroxylation sites is 1. The smallest absolute Gasteiger partial charge is 0.277 e. The van der Waals surface area contributed by atoms with Gasteiger partial charge in [0.15, 0.2) is 0 Å². The van der Waals surface area contributed by atoms with Crippen LogP contribution in [-0.2, 0) is 11.2 Å². The monoisotopic (exact) mass is 406 g/mol. The van der Waals surface area contributed by atoms with E-state index in [9.17, 15) is 4.79 Å². The molecule has 6 nitrogen and oxygen atoms in total. The van der Waals surface area contributed by atoms with E-state index in [4.69, 9.17) is 9.68 Å². The Kier molecular flexibility index (Phi) is 7.42. The molecule has 0 bridgehead atoms. The van der Waals surface area contributed by atoms with Gasteiger partial charge in [0.05, 0.1) is 18.2 Å². The molecule has 1 heterocycles. The Morgan fingerprint density at radius 3 is 2.52 bits per heavy atom. The summed E-state index contributed by atoms with van der Waals surface area (Å²) in [6.07, 6.45) is 0.914. The molecule has 0 radical (unpaired) electrons. The summed E-state index contributed by atoms with van der Waals surface area (Å²) in [6.45, 7) is 2.46. The fraction of sp³-hybridized carbons (Fsp3) is 0.273. The molecule has 0 spiro atoms. The van der Waals surface area contributed by atoms with Gasteiger partial charge in [0, 0.05) is 18.7 Å². The van der Waals surface area contributed by atoms with Crippen molar-refractivity contribution in [2.24, 2.45) is 0 Å². The molecule has 0 saturated carbocycles. The lowest BCUT2D eigenvalue weighted by Gasteiger charge is -2.21. The summed E-state index contributed by atoms with van der Waals surface area (Å²) in [5.74, 6) is 0.876. The van der Waals surface area contributed by atoms with Gasteiger partial charge in [0.1, 0.15) is 0 Å². The molecule has 3 aromatic rings. The van der Waals surface area contributed by atoms with Crippen LogP contribution in [0.4, 0.5) is 5.69 Å². The zero-order valence-corrected chi connectivity index (χ0v) is 17.0. The number of rotatable bonds is 9. The van der Waals surface area contributed by atoms with Crippen molar-refractivity contribution in [3.8, 4) is 6.07 Å². The molecule has 0 aliphatic rings. The molecule has 7 heteroatoms. The highest BCUT2D eigenvalue weighted by atomic mass is 32.2. The summed E-state index contributed by atoms with van der Waals surface area (Å²) in [6, 6.07) is 21.6. The van der Waals surface area contributed by atoms with Crippen LogP contribution in [0.15, 0.2) is 70.3 Å². The Balaban J connectivity index is 1.58. The number of anilines is 1. The lowest BCUT2D eigenvalue weighted by molar-refractivity contribution is -0.116. The summed E-state index contributed by atoms with van der Waals surface area (Å²) in [4.78, 5) is 14.3. The Hall–Kier alpha value is -3.11. The number of hydrogen-bond donors (Lipinski definition) is 0. The molecule has 3 rings (SSSR count). The quantitative estimate of drug-likeness (QED) is 0.488. The predicted octanol–water partition coefficient (Wildman–Crippen LogP) is 4.45. The summed E-state index contributed by atoms with van der Waals surface area (Å²) >= 11 is 1.21. The fourth-order valence-corrected chi connectivity index (χ4v) is 3.57. The molecular weight excluding hydrogens is 384 g/mol. The number of benzene rings is 2. The van der Waals surface area contributed by atoms with Gasteiger partial charge in [0.2, 0.25) is 11.8 Å². The highest BCUT2D eigenvalue weighted by Crippen LogP contribution is 2.23. The van der Waals surface area contributed by atoms with E-state index in [2.05, 4.69) is 35.3 Å². The maximum Gasteiger partial charge on any atom is 0.277 e. The van der Waals surface area contributed by atoms with Crippen LogP contribution < -0.4 is 4.90 Å². The van der Waals surface area contributed by atoms with E-state index in [1.165, 1.54) is 17.3 Å². The van der Waals surface area contributed by atoms with Gasteiger partial charge in [-0.05, 0) is 23.6 Å². The van der Waals surface area contributed by atoms with Crippen molar-refractivity contribution in [2.45, 2.75) is 30.9 Å². The van der Waals surface area contributed by atoms with Crippen molar-refractivity contribution in [1.29, 1.82) is 5.26 Å². The minimum atomic E-state index is -0.103. The van der Waals surface area contributed by atoms with Crippen LogP contribution in [0.2, 0.25) is 0 Å². The van der Waals surface area contributed by atoms with E-state index in [0.717, 1.165) is 5.69 Å². The predicted molar refractivity (Wildman–Crippen MR) is 113 cm³/mol. The molecule has 29 heavy (non-hydrogen) atoms. The second kappa shape index (κ2) is 10.4. The molecule has 1 aromatic heterocycles. The number of nitriles is 1. The molecule has 1 amide bonds. The van der Waals surface area contributed by atoms with E-state index in [1.54, 1.807) is 4.90 Å². The molecule has 0 saturated heterocycles. The van der Waals surface area contributed by atoms with Gasteiger partial charge in [-0.2, -0.15) is 5.26 Å². The molecular formula is C22H22N4O2S. The standard InChI is InChI=1S/C22H22N4O2S/c1-17(18-9-4-2-5-10-18)15-20-24-25-22(28-20)29-16-21(27)26(14-8-13-23)19-11-6-3-7-12-19/h2-7,9-12,17H,8,14-16H2,1H3. The first-order chi connectivity index (χ1) is 14.2. The molecule has 148 valence electrons. The first-order valence-electron chi connectivity index (χ1n) is 9.40. The van der Waals surface area contributed by atoms with E-state index in [0.29, 0.717) is 24.1 Å². The number of thioether (sulfide) groups is 1. The molecule has 1 unspecified atom stereocenters. The van der Waals surface area contributed by atoms with E-state index in [-0.39, 0.29) is 24.0 Å². The second-order valence-electron chi connectivity index (χ2n) is 6.56. The second-order valence-corrected chi connectivity index (χ2v) is 7.48. The topological polar surface area (TPSA) is 83.0 Å². The highest BCUT2D eigenvalue weighted by molar-refractivity contribution is 7.99. The van der Waals surface area contributed by atoms with Gasteiger partial charge in [-0.1, -0.05) is 67.2 Å². The Labute approximate surface area is 174 Å². The maximum atomic E-state index is 12.7. The Morgan fingerprint density at radius 2 is 1.83 bits per heavy atom. The Morgan fingerprint density at radius 1 is 1.14 bits per heavy atom. The zero-order chi connectivity index (χ0) is 20.5. The minimum absolute atomic E-state index is 0.103. The van der Waals surface area contributed by atoms with Crippen LogP contribution in [0.3, 0.4) is 0 Å². The van der Waals surface area contributed by atoms with Gasteiger partial charge in [-0.25, -0.2) is 0 Å². The summed E-state index contributed by atoms with van der Waals surface area (Å²) in [5, 5.41) is 17.4. The molecule has 1 atom stereocenters. The number of carbonyl (C=O) groups excluding carboxylic acids is 1. The average molecular weight is 407 g/mol. The number of aromatic nitrogens is 2. The van der Waals surface area contributed by atoms with Crippen molar-refractivity contribution in [3.63, 3.8) is 0 Å². The summed E-state index contributed by atoms with van der Waals surface area (Å²) in [7, 11) is 0.